The summed E-state index contributed by atoms with van der Waals surface area (Å²) in [4.78, 5) is 8.98. The van der Waals surface area contributed by atoms with E-state index in [1.165, 1.54) is 0 Å². The third-order valence-corrected chi connectivity index (χ3v) is 3.84. The molecule has 2 heterocycles. The van der Waals surface area contributed by atoms with Crippen molar-refractivity contribution in [3.63, 3.8) is 0 Å². The molecule has 0 aliphatic heterocycles. The Morgan fingerprint density at radius 2 is 2.29 bits per heavy atom. The maximum Gasteiger partial charge on any atom is 0.188 e. The zero-order valence-corrected chi connectivity index (χ0v) is 14.3. The molecular weight excluding hydrogens is 330 g/mol. The maximum absolute atomic E-state index is 5.84. The summed E-state index contributed by atoms with van der Waals surface area (Å²) in [5.74, 6) is 0.507. The average molecular weight is 352 g/mol. The third-order valence-electron chi connectivity index (χ3n) is 3.41. The SMILES string of the molecule is CCC(C)NC(N)=NCCc1cn2cc(Br)cc(C)c2n1. The number of fused-ring (bicyclic) bond motifs is 1. The number of nitrogens with zero attached hydrogens (tertiary/aromatic N) is 3. The van der Waals surface area contributed by atoms with Crippen LogP contribution in [-0.2, 0) is 6.42 Å². The van der Waals surface area contributed by atoms with Crippen molar-refractivity contribution >= 4 is 27.5 Å². The Hall–Kier alpha value is -1.56. The highest BCUT2D eigenvalue weighted by Gasteiger charge is 2.05. The Morgan fingerprint density at radius 3 is 3.00 bits per heavy atom. The number of imidazole rings is 1. The number of aliphatic imine (C=N–C) groups is 1. The molecule has 0 fully saturated rings. The number of hydrogen-bond acceptors (Lipinski definition) is 2. The van der Waals surface area contributed by atoms with Crippen molar-refractivity contribution in [2.24, 2.45) is 10.7 Å². The molecule has 0 aliphatic rings. The number of nitrogens with two attached hydrogens (primary N) is 1. The van der Waals surface area contributed by atoms with Gasteiger partial charge in [-0.15, -0.1) is 0 Å². The van der Waals surface area contributed by atoms with Crippen molar-refractivity contribution in [2.45, 2.75) is 39.7 Å². The third kappa shape index (κ3) is 4.20. The number of hydrogen-bond donors (Lipinski definition) is 2. The van der Waals surface area contributed by atoms with Crippen LogP contribution in [-0.4, -0.2) is 27.9 Å². The number of aromatic nitrogens is 2. The van der Waals surface area contributed by atoms with Gasteiger partial charge in [-0.2, -0.15) is 0 Å². The number of pyridine rings is 1. The van der Waals surface area contributed by atoms with E-state index in [9.17, 15) is 0 Å². The normalized spacial score (nSPS) is 13.6. The van der Waals surface area contributed by atoms with Crippen LogP contribution >= 0.6 is 15.9 Å². The molecule has 2 aromatic rings. The molecule has 1 atom stereocenters. The lowest BCUT2D eigenvalue weighted by Gasteiger charge is -2.11. The van der Waals surface area contributed by atoms with Gasteiger partial charge >= 0.3 is 0 Å². The summed E-state index contributed by atoms with van der Waals surface area (Å²) in [5.41, 5.74) is 9.00. The number of aryl methyl sites for hydroxylation is 1. The minimum absolute atomic E-state index is 0.351. The molecule has 0 saturated carbocycles. The van der Waals surface area contributed by atoms with Gasteiger partial charge in [-0.25, -0.2) is 4.98 Å². The van der Waals surface area contributed by atoms with Crippen molar-refractivity contribution in [3.8, 4) is 0 Å². The molecule has 5 nitrogen and oxygen atoms in total. The summed E-state index contributed by atoms with van der Waals surface area (Å²) < 4.78 is 3.09. The van der Waals surface area contributed by atoms with Crippen molar-refractivity contribution in [1.29, 1.82) is 0 Å². The fraction of sp³-hybridized carbons (Fsp3) is 0.467. The van der Waals surface area contributed by atoms with Crippen LogP contribution in [0.5, 0.6) is 0 Å². The van der Waals surface area contributed by atoms with Gasteiger partial charge in [-0.3, -0.25) is 4.99 Å². The zero-order chi connectivity index (χ0) is 15.4. The van der Waals surface area contributed by atoms with Crippen LogP contribution in [0, 0.1) is 6.92 Å². The lowest BCUT2D eigenvalue weighted by Crippen LogP contribution is -2.38. The first kappa shape index (κ1) is 15.8. The van der Waals surface area contributed by atoms with E-state index < -0.39 is 0 Å². The summed E-state index contributed by atoms with van der Waals surface area (Å²) >= 11 is 3.50. The van der Waals surface area contributed by atoms with Crippen LogP contribution in [0.25, 0.3) is 5.65 Å². The number of rotatable bonds is 5. The van der Waals surface area contributed by atoms with E-state index >= 15 is 0 Å². The van der Waals surface area contributed by atoms with E-state index in [-0.39, 0.29) is 0 Å². The summed E-state index contributed by atoms with van der Waals surface area (Å²) in [7, 11) is 0. The molecule has 0 aliphatic carbocycles. The summed E-state index contributed by atoms with van der Waals surface area (Å²) in [6.07, 6.45) is 5.86. The molecule has 6 heteroatoms. The lowest BCUT2D eigenvalue weighted by molar-refractivity contribution is 0.636. The van der Waals surface area contributed by atoms with E-state index in [0.29, 0.717) is 18.5 Å². The van der Waals surface area contributed by atoms with Crippen molar-refractivity contribution in [3.05, 3.63) is 34.2 Å². The molecule has 0 bridgehead atoms. The fourth-order valence-electron chi connectivity index (χ4n) is 2.09. The zero-order valence-electron chi connectivity index (χ0n) is 12.7. The van der Waals surface area contributed by atoms with E-state index in [1.54, 1.807) is 0 Å². The number of halogens is 1. The van der Waals surface area contributed by atoms with Gasteiger partial charge in [-0.05, 0) is 47.8 Å². The molecule has 0 amide bonds. The Bertz CT molecular complexity index is 647. The summed E-state index contributed by atoms with van der Waals surface area (Å²) in [6, 6.07) is 2.42. The Labute approximate surface area is 133 Å². The van der Waals surface area contributed by atoms with E-state index in [1.807, 2.05) is 16.8 Å². The number of nitrogens with one attached hydrogen (secondary N) is 1. The van der Waals surface area contributed by atoms with E-state index in [4.69, 9.17) is 5.73 Å². The summed E-state index contributed by atoms with van der Waals surface area (Å²) in [6.45, 7) is 6.90. The molecule has 0 saturated heterocycles. The molecule has 1 unspecified atom stereocenters. The van der Waals surface area contributed by atoms with Crippen molar-refractivity contribution in [2.75, 3.05) is 6.54 Å². The minimum atomic E-state index is 0.351. The van der Waals surface area contributed by atoms with Gasteiger partial charge < -0.3 is 15.5 Å². The quantitative estimate of drug-likeness (QED) is 0.642. The van der Waals surface area contributed by atoms with Gasteiger partial charge in [0.15, 0.2) is 5.96 Å². The molecule has 114 valence electrons. The van der Waals surface area contributed by atoms with Crippen LogP contribution < -0.4 is 11.1 Å². The average Bonchev–Trinajstić information content (AvgIpc) is 2.81. The first-order chi connectivity index (χ1) is 9.99. The summed E-state index contributed by atoms with van der Waals surface area (Å²) in [5, 5.41) is 3.15. The van der Waals surface area contributed by atoms with Crippen LogP contribution in [0.1, 0.15) is 31.5 Å². The molecule has 0 radical (unpaired) electrons. The molecule has 2 rings (SSSR count). The first-order valence-electron chi connectivity index (χ1n) is 7.19. The molecular formula is C15H22BrN5. The van der Waals surface area contributed by atoms with Gasteiger partial charge in [0.05, 0.1) is 5.69 Å². The molecule has 21 heavy (non-hydrogen) atoms. The van der Waals surface area contributed by atoms with Gasteiger partial charge in [-0.1, -0.05) is 6.92 Å². The molecule has 2 aromatic heterocycles. The second-order valence-electron chi connectivity index (χ2n) is 5.28. The fourth-order valence-corrected chi connectivity index (χ4v) is 2.65. The van der Waals surface area contributed by atoms with Crippen molar-refractivity contribution < 1.29 is 0 Å². The largest absolute Gasteiger partial charge is 0.370 e. The highest BCUT2D eigenvalue weighted by molar-refractivity contribution is 9.10. The Balaban J connectivity index is 2.01. The molecule has 0 aromatic carbocycles. The Morgan fingerprint density at radius 1 is 1.52 bits per heavy atom. The van der Waals surface area contributed by atoms with Gasteiger partial charge in [0.2, 0.25) is 0 Å². The van der Waals surface area contributed by atoms with Gasteiger partial charge in [0, 0.05) is 35.9 Å². The Kier molecular flexibility index (Phi) is 5.22. The van der Waals surface area contributed by atoms with Gasteiger partial charge in [0.25, 0.3) is 0 Å². The topological polar surface area (TPSA) is 67.7 Å². The van der Waals surface area contributed by atoms with Crippen LogP contribution in [0.15, 0.2) is 27.9 Å². The molecule has 3 N–H and O–H groups in total. The number of guanidine groups is 1. The van der Waals surface area contributed by atoms with Crippen LogP contribution in [0.2, 0.25) is 0 Å². The van der Waals surface area contributed by atoms with Gasteiger partial charge in [0.1, 0.15) is 5.65 Å². The first-order valence-corrected chi connectivity index (χ1v) is 7.99. The smallest absolute Gasteiger partial charge is 0.188 e. The van der Waals surface area contributed by atoms with Crippen LogP contribution in [0.3, 0.4) is 0 Å². The van der Waals surface area contributed by atoms with E-state index in [0.717, 1.165) is 34.2 Å². The second kappa shape index (κ2) is 6.93. The minimum Gasteiger partial charge on any atom is -0.370 e. The van der Waals surface area contributed by atoms with Crippen molar-refractivity contribution in [1.82, 2.24) is 14.7 Å². The molecule has 0 spiro atoms. The highest BCUT2D eigenvalue weighted by atomic mass is 79.9. The highest BCUT2D eigenvalue weighted by Crippen LogP contribution is 2.17. The second-order valence-corrected chi connectivity index (χ2v) is 6.19. The maximum atomic E-state index is 5.84. The predicted octanol–water partition coefficient (Wildman–Crippen LogP) is 2.65. The van der Waals surface area contributed by atoms with E-state index in [2.05, 4.69) is 58.1 Å². The predicted molar refractivity (Wildman–Crippen MR) is 90.7 cm³/mol. The standard InChI is InChI=1S/C15H22BrN5/c1-4-11(3)19-15(17)18-6-5-13-9-21-8-12(16)7-10(2)14(21)20-13/h7-9,11H,4-6H2,1-3H3,(H3,17,18,19). The van der Waals surface area contributed by atoms with Crippen LogP contribution in [0.4, 0.5) is 0 Å². The lowest BCUT2D eigenvalue weighted by atomic mass is 10.3. The monoisotopic (exact) mass is 351 g/mol.